The molecule has 3 fully saturated rings. The molecule has 1 unspecified atom stereocenters. The first kappa shape index (κ1) is 13.8. The summed E-state index contributed by atoms with van der Waals surface area (Å²) in [5.41, 5.74) is 0. The molecule has 0 aromatic carbocycles. The number of rotatable bonds is 2. The molecule has 6 heteroatoms. The molecular weight excluding hydrogens is 258 g/mol. The van der Waals surface area contributed by atoms with Gasteiger partial charge in [0.15, 0.2) is 0 Å². The van der Waals surface area contributed by atoms with Gasteiger partial charge >= 0.3 is 0 Å². The summed E-state index contributed by atoms with van der Waals surface area (Å²) in [5, 5.41) is 3.24. The predicted octanol–water partition coefficient (Wildman–Crippen LogP) is -0.412. The fraction of sp³-hybridized carbons (Fsp3) is 0.857. The highest BCUT2D eigenvalue weighted by atomic mass is 16.5. The summed E-state index contributed by atoms with van der Waals surface area (Å²) in [6.45, 7) is 4.15. The van der Waals surface area contributed by atoms with Crippen molar-refractivity contribution in [3.8, 4) is 0 Å². The smallest absolute Gasteiger partial charge is 0.245 e. The molecule has 0 saturated carbocycles. The van der Waals surface area contributed by atoms with Crippen molar-refractivity contribution in [3.05, 3.63) is 0 Å². The quantitative estimate of drug-likeness (QED) is 0.747. The summed E-state index contributed by atoms with van der Waals surface area (Å²) in [6, 6.07) is -0.323. The van der Waals surface area contributed by atoms with Gasteiger partial charge in [0.25, 0.3) is 0 Å². The van der Waals surface area contributed by atoms with Crippen molar-refractivity contribution in [1.82, 2.24) is 15.1 Å². The first-order valence-corrected chi connectivity index (χ1v) is 7.68. The first-order chi connectivity index (χ1) is 9.77. The monoisotopic (exact) mass is 281 g/mol. The van der Waals surface area contributed by atoms with Gasteiger partial charge in [0.2, 0.25) is 11.8 Å². The molecule has 0 bridgehead atoms. The molecule has 3 aliphatic rings. The molecule has 0 radical (unpaired) electrons. The van der Waals surface area contributed by atoms with Crippen LogP contribution in [0.5, 0.6) is 0 Å². The van der Waals surface area contributed by atoms with E-state index in [1.54, 1.807) is 4.90 Å². The Kier molecular flexibility index (Phi) is 4.21. The fourth-order valence-electron chi connectivity index (χ4n) is 3.38. The van der Waals surface area contributed by atoms with Crippen molar-refractivity contribution in [2.45, 2.75) is 37.8 Å². The second-order valence-electron chi connectivity index (χ2n) is 5.78. The van der Waals surface area contributed by atoms with E-state index in [-0.39, 0.29) is 23.9 Å². The lowest BCUT2D eigenvalue weighted by atomic mass is 10.1. The Labute approximate surface area is 119 Å². The van der Waals surface area contributed by atoms with E-state index in [1.807, 2.05) is 4.90 Å². The molecule has 0 aliphatic carbocycles. The van der Waals surface area contributed by atoms with Crippen molar-refractivity contribution >= 4 is 11.8 Å². The molecule has 6 nitrogen and oxygen atoms in total. The van der Waals surface area contributed by atoms with Gasteiger partial charge in [-0.05, 0) is 32.2 Å². The molecule has 0 aromatic rings. The number of hydrogen-bond acceptors (Lipinski definition) is 4. The summed E-state index contributed by atoms with van der Waals surface area (Å²) in [5.74, 6) is 0.226. The number of carbonyl (C=O) groups is 2. The van der Waals surface area contributed by atoms with Crippen LogP contribution in [0.25, 0.3) is 0 Å². The molecular formula is C14H23N3O3. The summed E-state index contributed by atoms with van der Waals surface area (Å²) in [7, 11) is 0. The van der Waals surface area contributed by atoms with Crippen molar-refractivity contribution in [2.24, 2.45) is 0 Å². The minimum atomic E-state index is -0.247. The molecule has 20 heavy (non-hydrogen) atoms. The summed E-state index contributed by atoms with van der Waals surface area (Å²) < 4.78 is 5.28. The molecule has 3 aliphatic heterocycles. The highest BCUT2D eigenvalue weighted by molar-refractivity contribution is 5.90. The van der Waals surface area contributed by atoms with Crippen LogP contribution in [-0.4, -0.2) is 73.1 Å². The van der Waals surface area contributed by atoms with E-state index in [1.165, 1.54) is 0 Å². The zero-order valence-electron chi connectivity index (χ0n) is 11.8. The molecule has 3 heterocycles. The van der Waals surface area contributed by atoms with E-state index >= 15 is 0 Å². The highest BCUT2D eigenvalue weighted by Gasteiger charge is 2.39. The van der Waals surface area contributed by atoms with Gasteiger partial charge in [-0.2, -0.15) is 0 Å². The number of ether oxygens (including phenoxy) is 1. The van der Waals surface area contributed by atoms with Gasteiger partial charge in [0.1, 0.15) is 6.04 Å². The molecule has 3 saturated heterocycles. The second kappa shape index (κ2) is 6.10. The molecule has 0 aromatic heterocycles. The Morgan fingerprint density at radius 1 is 1.00 bits per heavy atom. The Morgan fingerprint density at radius 2 is 1.80 bits per heavy atom. The third kappa shape index (κ3) is 2.67. The van der Waals surface area contributed by atoms with Crippen LogP contribution in [0.4, 0.5) is 0 Å². The maximum atomic E-state index is 12.6. The van der Waals surface area contributed by atoms with E-state index in [4.69, 9.17) is 4.74 Å². The Hall–Kier alpha value is -1.14. The van der Waals surface area contributed by atoms with Gasteiger partial charge in [-0.1, -0.05) is 0 Å². The number of nitrogens with zero attached hydrogens (tertiary/aromatic N) is 2. The summed E-state index contributed by atoms with van der Waals surface area (Å²) in [4.78, 5) is 28.8. The van der Waals surface area contributed by atoms with Crippen molar-refractivity contribution in [1.29, 1.82) is 0 Å². The van der Waals surface area contributed by atoms with Crippen molar-refractivity contribution < 1.29 is 14.3 Å². The van der Waals surface area contributed by atoms with Crippen LogP contribution in [0.2, 0.25) is 0 Å². The minimum absolute atomic E-state index is 0.0758. The van der Waals surface area contributed by atoms with E-state index < -0.39 is 0 Å². The highest BCUT2D eigenvalue weighted by Crippen LogP contribution is 2.22. The van der Waals surface area contributed by atoms with Gasteiger partial charge in [-0.3, -0.25) is 9.59 Å². The van der Waals surface area contributed by atoms with Gasteiger partial charge in [0, 0.05) is 19.6 Å². The van der Waals surface area contributed by atoms with Crippen molar-refractivity contribution in [3.63, 3.8) is 0 Å². The molecule has 112 valence electrons. The third-order valence-corrected chi connectivity index (χ3v) is 4.50. The van der Waals surface area contributed by atoms with Gasteiger partial charge < -0.3 is 19.9 Å². The predicted molar refractivity (Wildman–Crippen MR) is 73.2 cm³/mol. The molecule has 2 amide bonds. The van der Waals surface area contributed by atoms with E-state index in [2.05, 4.69) is 5.32 Å². The molecule has 0 spiro atoms. The van der Waals surface area contributed by atoms with Crippen LogP contribution in [0.15, 0.2) is 0 Å². The normalized spacial score (nSPS) is 30.8. The second-order valence-corrected chi connectivity index (χ2v) is 5.78. The zero-order chi connectivity index (χ0) is 13.9. The van der Waals surface area contributed by atoms with Gasteiger partial charge in [-0.25, -0.2) is 0 Å². The largest absolute Gasteiger partial charge is 0.378 e. The summed E-state index contributed by atoms with van der Waals surface area (Å²) >= 11 is 0. The SMILES string of the molecule is O=C(C1CCCN1C(=O)[C@@H]1CCCN1)N1CCOCC1. The number of nitrogens with one attached hydrogen (secondary N) is 1. The maximum absolute atomic E-state index is 12.6. The van der Waals surface area contributed by atoms with Crippen LogP contribution in [0, 0.1) is 0 Å². The number of hydrogen-bond donors (Lipinski definition) is 1. The average Bonchev–Trinajstić information content (AvgIpc) is 3.18. The molecule has 3 rings (SSSR count). The van der Waals surface area contributed by atoms with E-state index in [9.17, 15) is 9.59 Å². The van der Waals surface area contributed by atoms with E-state index in [0.717, 1.165) is 38.8 Å². The number of carbonyl (C=O) groups excluding carboxylic acids is 2. The lowest BCUT2D eigenvalue weighted by Gasteiger charge is -2.33. The number of morpholine rings is 1. The zero-order valence-corrected chi connectivity index (χ0v) is 11.8. The van der Waals surface area contributed by atoms with Crippen molar-refractivity contribution in [2.75, 3.05) is 39.4 Å². The van der Waals surface area contributed by atoms with Crippen LogP contribution in [0.1, 0.15) is 25.7 Å². The lowest BCUT2D eigenvalue weighted by molar-refractivity contribution is -0.147. The Bertz CT molecular complexity index is 376. The first-order valence-electron chi connectivity index (χ1n) is 7.68. The topological polar surface area (TPSA) is 61.9 Å². The average molecular weight is 281 g/mol. The van der Waals surface area contributed by atoms with Gasteiger partial charge in [-0.15, -0.1) is 0 Å². The van der Waals surface area contributed by atoms with Crippen LogP contribution in [-0.2, 0) is 14.3 Å². The van der Waals surface area contributed by atoms with Crippen LogP contribution >= 0.6 is 0 Å². The Balaban J connectivity index is 1.65. The molecule has 2 atom stereocenters. The molecule has 1 N–H and O–H groups in total. The maximum Gasteiger partial charge on any atom is 0.245 e. The Morgan fingerprint density at radius 3 is 2.50 bits per heavy atom. The minimum Gasteiger partial charge on any atom is -0.378 e. The lowest BCUT2D eigenvalue weighted by Crippen LogP contribution is -2.53. The fourth-order valence-corrected chi connectivity index (χ4v) is 3.38. The number of amides is 2. The number of likely N-dealkylation sites (tertiary alicyclic amines) is 1. The van der Waals surface area contributed by atoms with E-state index in [0.29, 0.717) is 26.3 Å². The van der Waals surface area contributed by atoms with Gasteiger partial charge in [0.05, 0.1) is 19.3 Å². The standard InChI is InChI=1S/C14H23N3O3/c18-13(11-3-1-5-15-11)17-6-2-4-12(17)14(19)16-7-9-20-10-8-16/h11-12,15H,1-10H2/t11-,12?/m0/s1. The third-order valence-electron chi connectivity index (χ3n) is 4.50. The summed E-state index contributed by atoms with van der Waals surface area (Å²) in [6.07, 6.45) is 3.67. The van der Waals surface area contributed by atoms with Crippen LogP contribution < -0.4 is 5.32 Å². The van der Waals surface area contributed by atoms with Crippen LogP contribution in [0.3, 0.4) is 0 Å².